The first kappa shape index (κ1) is 13.9. The highest BCUT2D eigenvalue weighted by molar-refractivity contribution is 9.09. The molecule has 0 radical (unpaired) electrons. The summed E-state index contributed by atoms with van der Waals surface area (Å²) in [6.45, 7) is 0.354. The Morgan fingerprint density at radius 2 is 2.12 bits per heavy atom. The summed E-state index contributed by atoms with van der Waals surface area (Å²) in [6.07, 6.45) is 2.30. The van der Waals surface area contributed by atoms with Crippen LogP contribution < -0.4 is 0 Å². The van der Waals surface area contributed by atoms with Crippen LogP contribution in [0.1, 0.15) is 25.7 Å². The van der Waals surface area contributed by atoms with Crippen LogP contribution in [0.15, 0.2) is 0 Å². The minimum atomic E-state index is -4.50. The quantitative estimate of drug-likeness (QED) is 0.438. The van der Waals surface area contributed by atoms with Crippen molar-refractivity contribution in [1.29, 1.82) is 0 Å². The largest absolute Gasteiger partial charge is 0.341 e. The average molecular weight is 316 g/mol. The normalized spacial score (nSPS) is 21.4. The first-order valence-corrected chi connectivity index (χ1v) is 7.79. The number of halogens is 2. The Balaban J connectivity index is 2.38. The van der Waals surface area contributed by atoms with E-state index in [9.17, 15) is 17.1 Å². The summed E-state index contributed by atoms with van der Waals surface area (Å²) in [6, 6.07) is 0. The zero-order chi connectivity index (χ0) is 12.2. The van der Waals surface area contributed by atoms with Gasteiger partial charge in [0.25, 0.3) is 0 Å². The molecule has 1 aliphatic rings. The highest BCUT2D eigenvalue weighted by atomic mass is 79.9. The molecule has 4 nitrogen and oxygen atoms in total. The monoisotopic (exact) mass is 315 g/mol. The second kappa shape index (κ2) is 5.95. The molecule has 1 atom stereocenters. The van der Waals surface area contributed by atoms with Gasteiger partial charge in [0.05, 0.1) is 0 Å². The van der Waals surface area contributed by atoms with Gasteiger partial charge in [0, 0.05) is 24.8 Å². The molecule has 94 valence electrons. The van der Waals surface area contributed by atoms with Crippen molar-refractivity contribution in [1.82, 2.24) is 4.90 Å². The van der Waals surface area contributed by atoms with Crippen molar-refractivity contribution in [3.63, 3.8) is 0 Å². The van der Waals surface area contributed by atoms with E-state index in [4.69, 9.17) is 0 Å². The summed E-state index contributed by atoms with van der Waals surface area (Å²) in [5.74, 6) is -0.0768. The van der Waals surface area contributed by atoms with Crippen molar-refractivity contribution < 1.29 is 17.1 Å². The van der Waals surface area contributed by atoms with Crippen molar-refractivity contribution in [3.05, 3.63) is 0 Å². The maximum Gasteiger partial charge on any atom is 0.307 e. The second-order valence-corrected chi connectivity index (χ2v) is 6.28. The number of hydrogen-bond acceptors (Lipinski definition) is 3. The number of rotatable bonds is 5. The van der Waals surface area contributed by atoms with Crippen LogP contribution in [-0.2, 0) is 15.0 Å². The maximum atomic E-state index is 12.7. The van der Waals surface area contributed by atoms with Gasteiger partial charge >= 0.3 is 10.2 Å². The molecule has 0 aromatic heterocycles. The SMILES string of the molecule is O=C(CCCCBr)N1CCC(S(=O)(=O)F)C1. The summed E-state index contributed by atoms with van der Waals surface area (Å²) in [7, 11) is -4.50. The van der Waals surface area contributed by atoms with Crippen LogP contribution in [0.4, 0.5) is 3.89 Å². The van der Waals surface area contributed by atoms with E-state index >= 15 is 0 Å². The van der Waals surface area contributed by atoms with E-state index in [1.165, 1.54) is 4.90 Å². The lowest BCUT2D eigenvalue weighted by Crippen LogP contribution is -2.30. The summed E-state index contributed by atoms with van der Waals surface area (Å²) in [5, 5.41) is -0.172. The van der Waals surface area contributed by atoms with Gasteiger partial charge in [0.2, 0.25) is 5.91 Å². The van der Waals surface area contributed by atoms with Gasteiger partial charge in [-0.1, -0.05) is 15.9 Å². The number of hydrogen-bond donors (Lipinski definition) is 0. The fourth-order valence-corrected chi connectivity index (χ4v) is 2.85. The van der Waals surface area contributed by atoms with Crippen LogP contribution in [0.3, 0.4) is 0 Å². The Kier molecular flexibility index (Phi) is 5.17. The van der Waals surface area contributed by atoms with Gasteiger partial charge in [-0.05, 0) is 19.3 Å². The third kappa shape index (κ3) is 4.01. The van der Waals surface area contributed by atoms with E-state index < -0.39 is 15.5 Å². The molecule has 1 heterocycles. The molecular weight excluding hydrogens is 301 g/mol. The summed E-state index contributed by atoms with van der Waals surface area (Å²) in [5.41, 5.74) is 0. The standard InChI is InChI=1S/C9H15BrFNO3S/c10-5-2-1-3-9(13)12-6-4-8(7-12)16(11,14)15/h8H,1-7H2. The minimum absolute atomic E-state index is 0.00593. The Bertz CT molecular complexity index is 347. The van der Waals surface area contributed by atoms with Gasteiger partial charge in [0.1, 0.15) is 5.25 Å². The Labute approximate surface area is 104 Å². The highest BCUT2D eigenvalue weighted by Gasteiger charge is 2.34. The minimum Gasteiger partial charge on any atom is -0.341 e. The first-order valence-electron chi connectivity index (χ1n) is 5.22. The average Bonchev–Trinajstić information content (AvgIpc) is 2.66. The van der Waals surface area contributed by atoms with Crippen LogP contribution in [0, 0.1) is 0 Å². The summed E-state index contributed by atoms with van der Waals surface area (Å²) < 4.78 is 34.0. The molecule has 16 heavy (non-hydrogen) atoms. The fourth-order valence-electron chi connectivity index (χ4n) is 1.71. The molecule has 0 aliphatic carbocycles. The van der Waals surface area contributed by atoms with Crippen LogP contribution in [0.25, 0.3) is 0 Å². The molecule has 0 N–H and O–H groups in total. The lowest BCUT2D eigenvalue weighted by atomic mass is 10.2. The molecule has 1 unspecified atom stereocenters. The lowest BCUT2D eigenvalue weighted by molar-refractivity contribution is -0.130. The van der Waals surface area contributed by atoms with E-state index in [1.807, 2.05) is 0 Å². The molecule has 0 aromatic carbocycles. The number of likely N-dealkylation sites (tertiary alicyclic amines) is 1. The number of amides is 1. The third-order valence-corrected chi connectivity index (χ3v) is 4.41. The molecule has 0 bridgehead atoms. The molecule has 1 saturated heterocycles. The van der Waals surface area contributed by atoms with E-state index in [2.05, 4.69) is 15.9 Å². The Hall–Kier alpha value is -0.170. The van der Waals surface area contributed by atoms with Gasteiger partial charge < -0.3 is 4.90 Å². The predicted molar refractivity (Wildman–Crippen MR) is 62.7 cm³/mol. The molecule has 1 fully saturated rings. The summed E-state index contributed by atoms with van der Waals surface area (Å²) in [4.78, 5) is 13.0. The molecule has 1 aliphatic heterocycles. The van der Waals surface area contributed by atoms with Gasteiger partial charge in [-0.2, -0.15) is 8.42 Å². The Morgan fingerprint density at radius 3 is 2.62 bits per heavy atom. The van der Waals surface area contributed by atoms with Crippen LogP contribution in [0.5, 0.6) is 0 Å². The maximum absolute atomic E-state index is 12.7. The molecule has 1 rings (SSSR count). The van der Waals surface area contributed by atoms with Gasteiger partial charge in [-0.25, -0.2) is 0 Å². The number of nitrogens with zero attached hydrogens (tertiary/aromatic N) is 1. The van der Waals surface area contributed by atoms with Gasteiger partial charge in [0.15, 0.2) is 0 Å². The smallest absolute Gasteiger partial charge is 0.307 e. The van der Waals surface area contributed by atoms with E-state index in [-0.39, 0.29) is 18.9 Å². The second-order valence-electron chi connectivity index (χ2n) is 3.87. The van der Waals surface area contributed by atoms with Crippen LogP contribution >= 0.6 is 15.9 Å². The first-order chi connectivity index (χ1) is 7.45. The number of alkyl halides is 1. The van der Waals surface area contributed by atoms with E-state index in [0.717, 1.165) is 18.2 Å². The number of carbonyl (C=O) groups excluding carboxylic acids is 1. The third-order valence-electron chi connectivity index (χ3n) is 2.67. The zero-order valence-electron chi connectivity index (χ0n) is 8.86. The van der Waals surface area contributed by atoms with Gasteiger partial charge in [-0.15, -0.1) is 3.89 Å². The molecule has 1 amide bonds. The number of carbonyl (C=O) groups is 1. The van der Waals surface area contributed by atoms with Gasteiger partial charge in [-0.3, -0.25) is 4.79 Å². The van der Waals surface area contributed by atoms with E-state index in [0.29, 0.717) is 13.0 Å². The van der Waals surface area contributed by atoms with Crippen LogP contribution in [0.2, 0.25) is 0 Å². The topological polar surface area (TPSA) is 54.5 Å². The molecule has 0 aromatic rings. The lowest BCUT2D eigenvalue weighted by Gasteiger charge is -2.15. The summed E-state index contributed by atoms with van der Waals surface area (Å²) >= 11 is 3.26. The fraction of sp³-hybridized carbons (Fsp3) is 0.889. The highest BCUT2D eigenvalue weighted by Crippen LogP contribution is 2.19. The zero-order valence-corrected chi connectivity index (χ0v) is 11.3. The number of unbranched alkanes of at least 4 members (excludes halogenated alkanes) is 1. The predicted octanol–water partition coefficient (Wildman–Crippen LogP) is 1.45. The van der Waals surface area contributed by atoms with Crippen molar-refractivity contribution >= 4 is 32.1 Å². The van der Waals surface area contributed by atoms with Crippen LogP contribution in [-0.4, -0.2) is 42.9 Å². The molecule has 7 heteroatoms. The van der Waals surface area contributed by atoms with Crippen molar-refractivity contribution in [2.24, 2.45) is 0 Å². The Morgan fingerprint density at radius 1 is 1.44 bits per heavy atom. The van der Waals surface area contributed by atoms with Crippen molar-refractivity contribution in [2.45, 2.75) is 30.9 Å². The molecule has 0 saturated carbocycles. The molecule has 0 spiro atoms. The van der Waals surface area contributed by atoms with E-state index in [1.54, 1.807) is 0 Å². The van der Waals surface area contributed by atoms with Crippen molar-refractivity contribution in [3.8, 4) is 0 Å². The molecular formula is C9H15BrFNO3S. The van der Waals surface area contributed by atoms with Crippen molar-refractivity contribution in [2.75, 3.05) is 18.4 Å².